The fourth-order valence-electron chi connectivity index (χ4n) is 4.95. The number of phenolic OH excluding ortho intramolecular Hbond substituents is 1. The summed E-state index contributed by atoms with van der Waals surface area (Å²) in [5.74, 6) is 0.939. The summed E-state index contributed by atoms with van der Waals surface area (Å²) in [4.78, 5) is 19.5. The van der Waals surface area contributed by atoms with E-state index in [-0.39, 0.29) is 29.0 Å². The van der Waals surface area contributed by atoms with Crippen LogP contribution in [0.2, 0.25) is 5.02 Å². The molecule has 0 atom stereocenters. The number of aromatic nitrogens is 1. The van der Waals surface area contributed by atoms with Crippen molar-refractivity contribution in [1.82, 2.24) is 9.88 Å². The van der Waals surface area contributed by atoms with Crippen LogP contribution in [-0.4, -0.2) is 54.1 Å². The maximum absolute atomic E-state index is 12.5. The largest absolute Gasteiger partial charge is 0.503 e. The normalized spacial score (nSPS) is 17.6. The van der Waals surface area contributed by atoms with Crippen molar-refractivity contribution in [2.24, 2.45) is 5.92 Å². The second kappa shape index (κ2) is 12.1. The summed E-state index contributed by atoms with van der Waals surface area (Å²) in [6.45, 7) is 5.99. The van der Waals surface area contributed by atoms with Crippen LogP contribution in [0.5, 0.6) is 11.5 Å². The van der Waals surface area contributed by atoms with Crippen LogP contribution < -0.4 is 10.1 Å². The van der Waals surface area contributed by atoms with Gasteiger partial charge in [0.25, 0.3) is 0 Å². The molecule has 6 nitrogen and oxygen atoms in total. The van der Waals surface area contributed by atoms with E-state index in [4.69, 9.17) is 16.3 Å². The number of carbonyl (C=O) groups is 1. The highest BCUT2D eigenvalue weighted by atomic mass is 35.5. The molecule has 1 saturated carbocycles. The van der Waals surface area contributed by atoms with Gasteiger partial charge in [0, 0.05) is 24.2 Å². The number of halogens is 2. The number of Topliss-reactive ketones (excluding diaryl/α,β-unsaturated/α-hetero) is 1. The Kier molecular flexibility index (Phi) is 9.45. The van der Waals surface area contributed by atoms with Gasteiger partial charge < -0.3 is 20.1 Å². The molecule has 0 radical (unpaired) electrons. The molecular formula is C28H35Cl2N3O3. The number of ketones is 1. The van der Waals surface area contributed by atoms with Crippen molar-refractivity contribution in [3.8, 4) is 22.6 Å². The number of hydrogen-bond donors (Lipinski definition) is 2. The Morgan fingerprint density at radius 2 is 1.92 bits per heavy atom. The van der Waals surface area contributed by atoms with Crippen molar-refractivity contribution in [2.45, 2.75) is 45.6 Å². The fourth-order valence-corrected chi connectivity index (χ4v) is 5.16. The first-order chi connectivity index (χ1) is 16.8. The lowest BCUT2D eigenvalue weighted by atomic mass is 9.85. The third-order valence-corrected chi connectivity index (χ3v) is 7.42. The number of pyridine rings is 1. The lowest BCUT2D eigenvalue weighted by Crippen LogP contribution is -2.32. The predicted octanol–water partition coefficient (Wildman–Crippen LogP) is 6.82. The van der Waals surface area contributed by atoms with E-state index in [2.05, 4.69) is 29.2 Å². The van der Waals surface area contributed by atoms with Gasteiger partial charge in [-0.2, -0.15) is 0 Å². The molecule has 194 valence electrons. The predicted molar refractivity (Wildman–Crippen MR) is 150 cm³/mol. The first-order valence-electron chi connectivity index (χ1n) is 12.3. The highest BCUT2D eigenvalue weighted by molar-refractivity contribution is 6.32. The highest BCUT2D eigenvalue weighted by Crippen LogP contribution is 2.40. The standard InChI is InChI=1S/C28H34ClN3O3.ClH/c1-5-32(3)16-18-6-9-21(10-7-18)31-27-22-12-19(8-11-25(22)30-15-23(27)17(2)33)20-13-24(29)28(34)26(14-20)35-4;/h8,11-15,18,21,34H,5-7,9-10,16H2,1-4H3,(H,30,31);1H. The molecule has 1 aromatic heterocycles. The molecule has 2 N–H and O–H groups in total. The Morgan fingerprint density at radius 1 is 1.19 bits per heavy atom. The summed E-state index contributed by atoms with van der Waals surface area (Å²) in [6.07, 6.45) is 6.19. The van der Waals surface area contributed by atoms with Crippen LogP contribution in [0, 0.1) is 5.92 Å². The molecule has 0 amide bonds. The van der Waals surface area contributed by atoms with Gasteiger partial charge in [-0.3, -0.25) is 9.78 Å². The van der Waals surface area contributed by atoms with Crippen molar-refractivity contribution in [2.75, 3.05) is 32.6 Å². The molecule has 0 spiro atoms. The molecule has 0 bridgehead atoms. The van der Waals surface area contributed by atoms with Crippen molar-refractivity contribution < 1.29 is 14.6 Å². The SMILES string of the molecule is CCN(C)CC1CCC(Nc2c(C(C)=O)cnc3ccc(-c4cc(Cl)c(O)c(OC)c4)cc23)CC1.Cl. The summed E-state index contributed by atoms with van der Waals surface area (Å²) >= 11 is 6.24. The summed E-state index contributed by atoms with van der Waals surface area (Å²) in [6, 6.07) is 9.72. The monoisotopic (exact) mass is 531 g/mol. The van der Waals surface area contributed by atoms with Crippen LogP contribution in [-0.2, 0) is 0 Å². The number of anilines is 1. The zero-order chi connectivity index (χ0) is 25.1. The summed E-state index contributed by atoms with van der Waals surface area (Å²) in [5.41, 5.74) is 3.97. The number of aromatic hydroxyl groups is 1. The van der Waals surface area contributed by atoms with E-state index in [0.29, 0.717) is 17.4 Å². The molecule has 0 saturated heterocycles. The minimum Gasteiger partial charge on any atom is -0.503 e. The zero-order valence-corrected chi connectivity index (χ0v) is 22.9. The van der Waals surface area contributed by atoms with E-state index in [1.165, 1.54) is 20.0 Å². The molecule has 0 unspecified atom stereocenters. The average molecular weight is 533 g/mol. The van der Waals surface area contributed by atoms with Gasteiger partial charge in [0.15, 0.2) is 17.3 Å². The topological polar surface area (TPSA) is 74.7 Å². The zero-order valence-electron chi connectivity index (χ0n) is 21.3. The molecule has 36 heavy (non-hydrogen) atoms. The van der Waals surface area contributed by atoms with Gasteiger partial charge in [-0.15, -0.1) is 12.4 Å². The lowest BCUT2D eigenvalue weighted by Gasteiger charge is -2.32. The first kappa shape index (κ1) is 28.0. The number of hydrogen-bond acceptors (Lipinski definition) is 6. The smallest absolute Gasteiger partial charge is 0.176 e. The molecule has 2 aromatic carbocycles. The number of ether oxygens (including phenoxy) is 1. The Bertz CT molecular complexity index is 1230. The van der Waals surface area contributed by atoms with E-state index in [0.717, 1.165) is 59.6 Å². The minimum absolute atomic E-state index is 0. The molecule has 4 rings (SSSR count). The van der Waals surface area contributed by atoms with Gasteiger partial charge in [0.1, 0.15) is 0 Å². The molecule has 3 aromatic rings. The third kappa shape index (κ3) is 6.05. The van der Waals surface area contributed by atoms with E-state index in [1.807, 2.05) is 18.2 Å². The van der Waals surface area contributed by atoms with E-state index in [1.54, 1.807) is 25.3 Å². The quantitative estimate of drug-likeness (QED) is 0.310. The Morgan fingerprint density at radius 3 is 2.56 bits per heavy atom. The summed E-state index contributed by atoms with van der Waals surface area (Å²) < 4.78 is 5.28. The van der Waals surface area contributed by atoms with Gasteiger partial charge in [-0.1, -0.05) is 24.6 Å². The first-order valence-corrected chi connectivity index (χ1v) is 12.6. The van der Waals surface area contributed by atoms with E-state index in [9.17, 15) is 9.90 Å². The van der Waals surface area contributed by atoms with Crippen LogP contribution in [0.1, 0.15) is 49.9 Å². The maximum atomic E-state index is 12.5. The number of nitrogens with zero attached hydrogens (tertiary/aromatic N) is 2. The number of phenols is 1. The van der Waals surface area contributed by atoms with Crippen molar-refractivity contribution in [1.29, 1.82) is 0 Å². The van der Waals surface area contributed by atoms with Gasteiger partial charge in [-0.05, 0) is 87.5 Å². The van der Waals surface area contributed by atoms with Gasteiger partial charge in [-0.25, -0.2) is 0 Å². The maximum Gasteiger partial charge on any atom is 0.176 e. The second-order valence-corrected chi connectivity index (χ2v) is 9.97. The second-order valence-electron chi connectivity index (χ2n) is 9.56. The Hall–Kier alpha value is -2.54. The summed E-state index contributed by atoms with van der Waals surface area (Å²) in [7, 11) is 3.68. The molecule has 1 fully saturated rings. The molecule has 0 aliphatic heterocycles. The molecule has 1 aliphatic carbocycles. The van der Waals surface area contributed by atoms with Crippen LogP contribution in [0.25, 0.3) is 22.0 Å². The molecule has 1 heterocycles. The van der Waals surface area contributed by atoms with Gasteiger partial charge in [0.2, 0.25) is 0 Å². The Labute approximate surface area is 224 Å². The lowest BCUT2D eigenvalue weighted by molar-refractivity contribution is 0.101. The highest BCUT2D eigenvalue weighted by Gasteiger charge is 2.24. The van der Waals surface area contributed by atoms with Gasteiger partial charge >= 0.3 is 0 Å². The van der Waals surface area contributed by atoms with Crippen LogP contribution >= 0.6 is 24.0 Å². The van der Waals surface area contributed by atoms with Crippen LogP contribution in [0.3, 0.4) is 0 Å². The number of carbonyl (C=O) groups excluding carboxylic acids is 1. The number of nitrogens with one attached hydrogen (secondary N) is 1. The van der Waals surface area contributed by atoms with Crippen molar-refractivity contribution in [3.05, 3.63) is 47.1 Å². The summed E-state index contributed by atoms with van der Waals surface area (Å²) in [5, 5.41) is 15.0. The molecular weight excluding hydrogens is 497 g/mol. The van der Waals surface area contributed by atoms with E-state index < -0.39 is 0 Å². The number of fused-ring (bicyclic) bond motifs is 1. The third-order valence-electron chi connectivity index (χ3n) is 7.13. The molecule has 1 aliphatic rings. The van der Waals surface area contributed by atoms with Gasteiger partial charge in [0.05, 0.1) is 28.9 Å². The molecule has 8 heteroatoms. The van der Waals surface area contributed by atoms with Crippen LogP contribution in [0.15, 0.2) is 36.5 Å². The Balaban J connectivity index is 0.00000361. The number of rotatable bonds is 8. The van der Waals surface area contributed by atoms with E-state index >= 15 is 0 Å². The average Bonchev–Trinajstić information content (AvgIpc) is 2.86. The van der Waals surface area contributed by atoms with Crippen LogP contribution in [0.4, 0.5) is 5.69 Å². The number of benzene rings is 2. The fraction of sp³-hybridized carbons (Fsp3) is 0.429. The minimum atomic E-state index is -0.0812. The van der Waals surface area contributed by atoms with Crippen molar-refractivity contribution >= 4 is 46.4 Å². The number of methoxy groups -OCH3 is 1. The van der Waals surface area contributed by atoms with Crippen molar-refractivity contribution in [3.63, 3.8) is 0 Å².